The summed E-state index contributed by atoms with van der Waals surface area (Å²) in [5.41, 5.74) is 0. The Bertz CT molecular complexity index is 136. The lowest BCUT2D eigenvalue weighted by atomic mass is 10.3. The second-order valence-electron chi connectivity index (χ2n) is 2.25. The number of unbranched alkanes of at least 4 members (excludes halogenated alkanes) is 1. The molecule has 1 N–H and O–H groups in total. The van der Waals surface area contributed by atoms with Gasteiger partial charge in [0.05, 0.1) is 6.54 Å². The molecule has 0 heterocycles. The zero-order valence-corrected chi connectivity index (χ0v) is 6.62. The Hall–Kier alpha value is -1.06. The van der Waals surface area contributed by atoms with E-state index < -0.39 is 6.09 Å². The van der Waals surface area contributed by atoms with Crippen molar-refractivity contribution in [2.75, 3.05) is 13.1 Å². The monoisotopic (exact) mass is 159 g/mol. The predicted molar refractivity (Wildman–Crippen MR) is 40.6 cm³/mol. The minimum Gasteiger partial charge on any atom is -0.465 e. The Labute approximate surface area is 65.8 Å². The second kappa shape index (κ2) is 5.70. The summed E-state index contributed by atoms with van der Waals surface area (Å²) in [7, 11) is 0. The predicted octanol–water partition coefficient (Wildman–Crippen LogP) is 0.965. The Morgan fingerprint density at radius 1 is 1.64 bits per heavy atom. The van der Waals surface area contributed by atoms with Crippen molar-refractivity contribution in [2.45, 2.75) is 19.8 Å². The molecule has 11 heavy (non-hydrogen) atoms. The minimum absolute atomic E-state index is 0.0185. The smallest absolute Gasteiger partial charge is 0.407 e. The zero-order chi connectivity index (χ0) is 8.69. The van der Waals surface area contributed by atoms with E-state index in [2.05, 4.69) is 0 Å². The van der Waals surface area contributed by atoms with Gasteiger partial charge in [-0.15, -0.1) is 0 Å². The summed E-state index contributed by atoms with van der Waals surface area (Å²) in [6, 6.07) is 0. The quantitative estimate of drug-likeness (QED) is 0.608. The van der Waals surface area contributed by atoms with Crippen LogP contribution in [0.1, 0.15) is 19.8 Å². The maximum absolute atomic E-state index is 10.4. The molecule has 0 bridgehead atoms. The van der Waals surface area contributed by atoms with Crippen LogP contribution in [0.5, 0.6) is 0 Å². The van der Waals surface area contributed by atoms with E-state index >= 15 is 0 Å². The van der Waals surface area contributed by atoms with Crippen LogP contribution >= 0.6 is 0 Å². The molecule has 0 fully saturated rings. The molecule has 4 nitrogen and oxygen atoms in total. The number of nitrogens with zero attached hydrogens (tertiary/aromatic N) is 1. The molecule has 0 aliphatic rings. The average Bonchev–Trinajstić information content (AvgIpc) is 1.97. The summed E-state index contributed by atoms with van der Waals surface area (Å²) in [5, 5.41) is 8.50. The van der Waals surface area contributed by atoms with E-state index in [-0.39, 0.29) is 6.54 Å². The fourth-order valence-electron chi connectivity index (χ4n) is 0.704. The van der Waals surface area contributed by atoms with Gasteiger partial charge in [-0.1, -0.05) is 13.3 Å². The Kier molecular flexibility index (Phi) is 5.15. The van der Waals surface area contributed by atoms with Gasteiger partial charge in [-0.25, -0.2) is 4.79 Å². The summed E-state index contributed by atoms with van der Waals surface area (Å²) < 4.78 is 0. The van der Waals surface area contributed by atoms with Crippen molar-refractivity contribution >= 4 is 12.4 Å². The van der Waals surface area contributed by atoms with E-state index in [1.807, 2.05) is 6.92 Å². The molecule has 64 valence electrons. The van der Waals surface area contributed by atoms with Gasteiger partial charge < -0.3 is 14.8 Å². The van der Waals surface area contributed by atoms with Crippen molar-refractivity contribution in [3.05, 3.63) is 0 Å². The van der Waals surface area contributed by atoms with Crippen LogP contribution in [0.25, 0.3) is 0 Å². The van der Waals surface area contributed by atoms with Gasteiger partial charge in [0.1, 0.15) is 6.29 Å². The molecule has 0 saturated heterocycles. The lowest BCUT2D eigenvalue weighted by Crippen LogP contribution is -2.31. The fourth-order valence-corrected chi connectivity index (χ4v) is 0.704. The molecule has 0 spiro atoms. The molecule has 0 aliphatic carbocycles. The van der Waals surface area contributed by atoms with Crippen LogP contribution in [0.2, 0.25) is 0 Å². The van der Waals surface area contributed by atoms with E-state index in [4.69, 9.17) is 5.11 Å². The van der Waals surface area contributed by atoms with Crippen LogP contribution < -0.4 is 0 Å². The van der Waals surface area contributed by atoms with E-state index in [9.17, 15) is 9.59 Å². The number of carboxylic acid groups (broad SMARTS) is 1. The van der Waals surface area contributed by atoms with Gasteiger partial charge in [0, 0.05) is 6.54 Å². The molecule has 0 unspecified atom stereocenters. The first kappa shape index (κ1) is 9.94. The van der Waals surface area contributed by atoms with Gasteiger partial charge in [-0.3, -0.25) is 0 Å². The van der Waals surface area contributed by atoms with Crippen LogP contribution in [0, 0.1) is 0 Å². The van der Waals surface area contributed by atoms with Gasteiger partial charge in [0.15, 0.2) is 0 Å². The molecule has 0 rings (SSSR count). The summed E-state index contributed by atoms with van der Waals surface area (Å²) in [6.07, 6.45) is 1.32. The number of carbonyl (C=O) groups excluding carboxylic acids is 1. The molecular weight excluding hydrogens is 146 g/mol. The highest BCUT2D eigenvalue weighted by Gasteiger charge is 2.08. The van der Waals surface area contributed by atoms with Gasteiger partial charge in [-0.05, 0) is 6.42 Å². The summed E-state index contributed by atoms with van der Waals surface area (Å²) >= 11 is 0. The largest absolute Gasteiger partial charge is 0.465 e. The first-order valence-electron chi connectivity index (χ1n) is 3.63. The number of rotatable bonds is 5. The van der Waals surface area contributed by atoms with Gasteiger partial charge in [0.25, 0.3) is 0 Å². The maximum atomic E-state index is 10.4. The molecule has 0 aliphatic heterocycles. The highest BCUT2D eigenvalue weighted by atomic mass is 16.4. The average molecular weight is 159 g/mol. The van der Waals surface area contributed by atoms with Gasteiger partial charge in [-0.2, -0.15) is 0 Å². The van der Waals surface area contributed by atoms with Crippen molar-refractivity contribution in [1.29, 1.82) is 0 Å². The van der Waals surface area contributed by atoms with Crippen molar-refractivity contribution < 1.29 is 14.7 Å². The van der Waals surface area contributed by atoms with Crippen molar-refractivity contribution in [2.24, 2.45) is 0 Å². The second-order valence-corrected chi connectivity index (χ2v) is 2.25. The van der Waals surface area contributed by atoms with Crippen LogP contribution in [-0.4, -0.2) is 35.5 Å². The molecule has 1 amide bonds. The van der Waals surface area contributed by atoms with E-state index in [0.717, 1.165) is 17.7 Å². The number of hydrogen-bond acceptors (Lipinski definition) is 2. The van der Waals surface area contributed by atoms with Crippen molar-refractivity contribution in [3.63, 3.8) is 0 Å². The Morgan fingerprint density at radius 2 is 2.27 bits per heavy atom. The number of carbonyl (C=O) groups is 2. The number of amides is 1. The molecular formula is C7H13NO3. The third-order valence-electron chi connectivity index (χ3n) is 1.35. The van der Waals surface area contributed by atoms with Crippen molar-refractivity contribution in [3.8, 4) is 0 Å². The highest BCUT2D eigenvalue weighted by Crippen LogP contribution is 1.93. The number of aldehydes is 1. The highest BCUT2D eigenvalue weighted by molar-refractivity contribution is 5.69. The van der Waals surface area contributed by atoms with Gasteiger partial charge >= 0.3 is 6.09 Å². The van der Waals surface area contributed by atoms with E-state index in [0.29, 0.717) is 12.8 Å². The normalized spacial score (nSPS) is 9.18. The minimum atomic E-state index is -1.02. The van der Waals surface area contributed by atoms with Crippen LogP contribution in [0.15, 0.2) is 0 Å². The lowest BCUT2D eigenvalue weighted by molar-refractivity contribution is -0.108. The Morgan fingerprint density at radius 3 is 2.64 bits per heavy atom. The van der Waals surface area contributed by atoms with Crippen LogP contribution in [0.4, 0.5) is 4.79 Å². The SMILES string of the molecule is CCCCN(CC=O)C(=O)O. The first-order chi connectivity index (χ1) is 5.22. The standard InChI is InChI=1S/C7H13NO3/c1-2-3-4-8(5-6-9)7(10)11/h6H,2-5H2,1H3,(H,10,11). The molecule has 0 saturated carbocycles. The molecule has 0 aromatic rings. The number of hydrogen-bond donors (Lipinski definition) is 1. The lowest BCUT2D eigenvalue weighted by Gasteiger charge is -2.14. The molecule has 0 aromatic carbocycles. The van der Waals surface area contributed by atoms with E-state index in [1.54, 1.807) is 0 Å². The molecule has 0 atom stereocenters. The summed E-state index contributed by atoms with van der Waals surface area (Å²) in [6.45, 7) is 2.40. The van der Waals surface area contributed by atoms with Crippen LogP contribution in [-0.2, 0) is 4.79 Å². The third-order valence-corrected chi connectivity index (χ3v) is 1.35. The van der Waals surface area contributed by atoms with Crippen LogP contribution in [0.3, 0.4) is 0 Å². The topological polar surface area (TPSA) is 57.6 Å². The molecule has 0 aromatic heterocycles. The summed E-state index contributed by atoms with van der Waals surface area (Å²) in [4.78, 5) is 21.4. The first-order valence-corrected chi connectivity index (χ1v) is 3.63. The van der Waals surface area contributed by atoms with Gasteiger partial charge in [0.2, 0.25) is 0 Å². The van der Waals surface area contributed by atoms with E-state index in [1.165, 1.54) is 0 Å². The summed E-state index contributed by atoms with van der Waals surface area (Å²) in [5.74, 6) is 0. The molecule has 4 heteroatoms. The Balaban J connectivity index is 3.69. The zero-order valence-electron chi connectivity index (χ0n) is 6.62. The molecule has 0 radical (unpaired) electrons. The fraction of sp³-hybridized carbons (Fsp3) is 0.714. The maximum Gasteiger partial charge on any atom is 0.407 e. The van der Waals surface area contributed by atoms with Crippen molar-refractivity contribution in [1.82, 2.24) is 4.90 Å². The third kappa shape index (κ3) is 4.36.